The van der Waals surface area contributed by atoms with Gasteiger partial charge in [-0.1, -0.05) is 5.16 Å². The van der Waals surface area contributed by atoms with Crippen molar-refractivity contribution in [2.45, 2.75) is 57.5 Å². The summed E-state index contributed by atoms with van der Waals surface area (Å²) in [4.78, 5) is 55.2. The van der Waals surface area contributed by atoms with Crippen LogP contribution in [0.15, 0.2) is 10.6 Å². The van der Waals surface area contributed by atoms with Crippen molar-refractivity contribution in [3.05, 3.63) is 23.1 Å². The highest BCUT2D eigenvalue weighted by molar-refractivity contribution is 6.20. The molecule has 0 radical (unpaired) electrons. The molecule has 13 heteroatoms. The van der Waals surface area contributed by atoms with E-state index in [4.69, 9.17) is 14.0 Å². The molecule has 2 aromatic rings. The Labute approximate surface area is 216 Å². The molecule has 0 bridgehead atoms. The first-order valence-corrected chi connectivity index (χ1v) is 12.7. The first-order valence-electron chi connectivity index (χ1n) is 12.7. The Morgan fingerprint density at radius 1 is 1.18 bits per heavy atom. The molecule has 12 nitrogen and oxygen atoms in total. The van der Waals surface area contributed by atoms with E-state index in [1.807, 2.05) is 6.92 Å². The summed E-state index contributed by atoms with van der Waals surface area (Å²) in [6, 6.07) is -0.233. The SMILES string of the molecule is COC1CCN(C(=O)c2noc3c(F)c4c(cc23)CC2(C(=O)NC(=O)NC2=O)C2[C@H](C)O[C@H](C)CN42)CC1. The van der Waals surface area contributed by atoms with Crippen LogP contribution < -0.4 is 15.5 Å². The second-order valence-electron chi connectivity index (χ2n) is 10.5. The Hall–Kier alpha value is -3.58. The van der Waals surface area contributed by atoms with Crippen molar-refractivity contribution in [1.29, 1.82) is 0 Å². The van der Waals surface area contributed by atoms with Crippen molar-refractivity contribution >= 4 is 40.4 Å². The maximum atomic E-state index is 16.2. The van der Waals surface area contributed by atoms with Crippen LogP contribution in [-0.2, 0) is 25.5 Å². The molecule has 5 heterocycles. The van der Waals surface area contributed by atoms with Crippen LogP contribution in [0, 0.1) is 11.2 Å². The lowest BCUT2D eigenvalue weighted by atomic mass is 9.66. The Morgan fingerprint density at radius 2 is 1.87 bits per heavy atom. The number of rotatable bonds is 2. The molecule has 4 aliphatic rings. The van der Waals surface area contributed by atoms with Gasteiger partial charge in [-0.15, -0.1) is 0 Å². The van der Waals surface area contributed by atoms with Crippen molar-refractivity contribution in [1.82, 2.24) is 20.7 Å². The number of ether oxygens (including phenoxy) is 2. The van der Waals surface area contributed by atoms with Crippen LogP contribution in [0.2, 0.25) is 0 Å². The van der Waals surface area contributed by atoms with E-state index in [1.54, 1.807) is 29.9 Å². The number of piperidine rings is 1. The third-order valence-corrected chi connectivity index (χ3v) is 8.23. The lowest BCUT2D eigenvalue weighted by Gasteiger charge is -2.55. The molecule has 6 rings (SSSR count). The molecule has 1 aromatic heterocycles. The fraction of sp³-hybridized carbons (Fsp3) is 0.560. The van der Waals surface area contributed by atoms with Crippen LogP contribution in [-0.4, -0.2) is 84.9 Å². The molecule has 1 unspecified atom stereocenters. The predicted octanol–water partition coefficient (Wildman–Crippen LogP) is 1.11. The van der Waals surface area contributed by atoms with Gasteiger partial charge in [0.1, 0.15) is 0 Å². The van der Waals surface area contributed by atoms with Gasteiger partial charge in [-0.05, 0) is 38.3 Å². The normalized spacial score (nSPS) is 27.3. The van der Waals surface area contributed by atoms with Crippen molar-refractivity contribution in [2.24, 2.45) is 5.41 Å². The summed E-state index contributed by atoms with van der Waals surface area (Å²) in [6.45, 7) is 4.64. The Morgan fingerprint density at radius 3 is 2.53 bits per heavy atom. The number of morpholine rings is 1. The highest BCUT2D eigenvalue weighted by Crippen LogP contribution is 2.49. The zero-order chi connectivity index (χ0) is 26.9. The van der Waals surface area contributed by atoms with Crippen LogP contribution in [0.4, 0.5) is 14.9 Å². The summed E-state index contributed by atoms with van der Waals surface area (Å²) in [5.74, 6) is -2.68. The molecule has 38 heavy (non-hydrogen) atoms. The molecule has 0 aliphatic carbocycles. The van der Waals surface area contributed by atoms with Gasteiger partial charge in [-0.25, -0.2) is 9.18 Å². The number of aromatic nitrogens is 1. The third kappa shape index (κ3) is 3.44. The van der Waals surface area contributed by atoms with Crippen LogP contribution in [0.25, 0.3) is 11.0 Å². The molecule has 3 atom stereocenters. The number of nitrogens with one attached hydrogen (secondary N) is 2. The van der Waals surface area contributed by atoms with E-state index in [1.165, 1.54) is 0 Å². The molecule has 4 aliphatic heterocycles. The van der Waals surface area contributed by atoms with Crippen LogP contribution in [0.3, 0.4) is 0 Å². The Balaban J connectivity index is 1.47. The van der Waals surface area contributed by atoms with E-state index in [-0.39, 0.29) is 47.5 Å². The smallest absolute Gasteiger partial charge is 0.328 e. The van der Waals surface area contributed by atoms with E-state index in [9.17, 15) is 19.2 Å². The van der Waals surface area contributed by atoms with Crippen LogP contribution in [0.1, 0.15) is 42.7 Å². The zero-order valence-electron chi connectivity index (χ0n) is 21.2. The maximum absolute atomic E-state index is 16.2. The van der Waals surface area contributed by atoms with Gasteiger partial charge in [0.15, 0.2) is 16.9 Å². The van der Waals surface area contributed by atoms with Crippen LogP contribution >= 0.6 is 0 Å². The van der Waals surface area contributed by atoms with Gasteiger partial charge in [0.25, 0.3) is 5.91 Å². The minimum absolute atomic E-state index is 0.0369. The number of carbonyl (C=O) groups excluding carboxylic acids is 4. The highest BCUT2D eigenvalue weighted by atomic mass is 19.1. The average Bonchev–Trinajstić information content (AvgIpc) is 3.30. The summed E-state index contributed by atoms with van der Waals surface area (Å²) < 4.78 is 32.9. The molecular formula is C25H28FN5O7. The number of urea groups is 1. The van der Waals surface area contributed by atoms with E-state index >= 15 is 4.39 Å². The number of hydrogen-bond donors (Lipinski definition) is 2. The number of halogens is 1. The number of carbonyl (C=O) groups is 4. The number of benzene rings is 1. The van der Waals surface area contributed by atoms with Crippen molar-refractivity contribution < 1.29 is 37.6 Å². The number of nitrogens with zero attached hydrogens (tertiary/aromatic N) is 3. The fourth-order valence-corrected chi connectivity index (χ4v) is 6.55. The Kier molecular flexibility index (Phi) is 5.69. The molecule has 202 valence electrons. The van der Waals surface area contributed by atoms with Gasteiger partial charge >= 0.3 is 6.03 Å². The Bertz CT molecular complexity index is 1350. The number of imide groups is 2. The number of barbiturate groups is 1. The molecule has 5 amide bonds. The number of likely N-dealkylation sites (tertiary alicyclic amines) is 1. The largest absolute Gasteiger partial charge is 0.381 e. The summed E-state index contributed by atoms with van der Waals surface area (Å²) in [6.07, 6.45) is 0.219. The predicted molar refractivity (Wildman–Crippen MR) is 129 cm³/mol. The molecule has 3 saturated heterocycles. The van der Waals surface area contributed by atoms with Gasteiger partial charge in [0.2, 0.25) is 17.4 Å². The van der Waals surface area contributed by atoms with Crippen molar-refractivity contribution in [2.75, 3.05) is 31.6 Å². The molecule has 1 aromatic carbocycles. The first-order chi connectivity index (χ1) is 18.1. The van der Waals surface area contributed by atoms with Crippen LogP contribution in [0.5, 0.6) is 0 Å². The van der Waals surface area contributed by atoms with Crippen molar-refractivity contribution in [3.8, 4) is 0 Å². The van der Waals surface area contributed by atoms with E-state index < -0.39 is 47.1 Å². The maximum Gasteiger partial charge on any atom is 0.328 e. The van der Waals surface area contributed by atoms with Crippen molar-refractivity contribution in [3.63, 3.8) is 0 Å². The molecular weight excluding hydrogens is 501 g/mol. The van der Waals surface area contributed by atoms with Gasteiger partial charge in [-0.3, -0.25) is 25.0 Å². The van der Waals surface area contributed by atoms with E-state index in [2.05, 4.69) is 15.8 Å². The highest BCUT2D eigenvalue weighted by Gasteiger charge is 2.63. The second-order valence-corrected chi connectivity index (χ2v) is 10.5. The molecule has 2 N–H and O–H groups in total. The standard InChI is InChI=1S/C25H28FN5O7/c1-11-10-31-18-13(9-25(20(31)12(2)37-11)22(33)27-24(35)28-23(25)34)8-15-17(29-38-19(15)16(18)26)21(32)30-6-4-14(36-3)5-7-30/h8,11-12,14,20H,4-7,9-10H2,1-3H3,(H2,27,28,33,34,35)/t11-,12+,20?/m1/s1. The summed E-state index contributed by atoms with van der Waals surface area (Å²) >= 11 is 0. The number of methoxy groups -OCH3 is 1. The first kappa shape index (κ1) is 24.7. The monoisotopic (exact) mass is 529 g/mol. The number of fused-ring (bicyclic) bond motifs is 5. The molecule has 1 spiro atoms. The number of amides is 5. The third-order valence-electron chi connectivity index (χ3n) is 8.23. The minimum atomic E-state index is -1.76. The van der Waals surface area contributed by atoms with Gasteiger partial charge < -0.3 is 23.8 Å². The summed E-state index contributed by atoms with van der Waals surface area (Å²) in [7, 11) is 1.63. The lowest BCUT2D eigenvalue weighted by Crippen LogP contribution is -2.75. The van der Waals surface area contributed by atoms with E-state index in [0.29, 0.717) is 31.5 Å². The van der Waals surface area contributed by atoms with Gasteiger partial charge in [0.05, 0.1) is 35.4 Å². The quantitative estimate of drug-likeness (QED) is 0.547. The zero-order valence-corrected chi connectivity index (χ0v) is 21.2. The minimum Gasteiger partial charge on any atom is -0.381 e. The average molecular weight is 530 g/mol. The van der Waals surface area contributed by atoms with Gasteiger partial charge in [0, 0.05) is 33.2 Å². The van der Waals surface area contributed by atoms with Gasteiger partial charge in [-0.2, -0.15) is 0 Å². The number of hydrogen-bond acceptors (Lipinski definition) is 9. The fourth-order valence-electron chi connectivity index (χ4n) is 6.55. The van der Waals surface area contributed by atoms with E-state index in [0.717, 1.165) is 0 Å². The summed E-state index contributed by atoms with van der Waals surface area (Å²) in [5.41, 5.74) is -1.46. The second kappa shape index (κ2) is 8.73. The lowest BCUT2D eigenvalue weighted by molar-refractivity contribution is -0.153. The molecule has 3 fully saturated rings. The topological polar surface area (TPSA) is 143 Å². The summed E-state index contributed by atoms with van der Waals surface area (Å²) in [5, 5.41) is 8.51. The molecule has 0 saturated carbocycles. The number of anilines is 1.